The zero-order valence-electron chi connectivity index (χ0n) is 15.7. The van der Waals surface area contributed by atoms with E-state index in [9.17, 15) is 13.8 Å². The van der Waals surface area contributed by atoms with Crippen molar-refractivity contribution in [3.05, 3.63) is 29.3 Å². The number of benzene rings is 1. The summed E-state index contributed by atoms with van der Waals surface area (Å²) in [5.74, 6) is -0.195. The SMILES string of the molecule is CC(CS(=O)c1ccc(Cl)cc1)NC(=O)C(NC(=O)OC(C)C)C(C)C. The highest BCUT2D eigenvalue weighted by Gasteiger charge is 2.26. The van der Waals surface area contributed by atoms with Gasteiger partial charge in [0.05, 0.1) is 16.9 Å². The standard InChI is InChI=1S/C18H27ClN2O4S/c1-11(2)16(21-18(23)25-12(3)4)17(22)20-13(5)10-26(24)15-8-6-14(19)7-9-15/h6-9,11-13,16H,10H2,1-5H3,(H,20,22)(H,21,23). The van der Waals surface area contributed by atoms with Crippen LogP contribution in [-0.4, -0.2) is 40.1 Å². The van der Waals surface area contributed by atoms with Crippen LogP contribution in [0.1, 0.15) is 34.6 Å². The third-order valence-electron chi connectivity index (χ3n) is 3.43. The number of carbonyl (C=O) groups excluding carboxylic acids is 2. The van der Waals surface area contributed by atoms with Gasteiger partial charge >= 0.3 is 6.09 Å². The summed E-state index contributed by atoms with van der Waals surface area (Å²) >= 11 is 5.83. The molecule has 1 rings (SSSR count). The molecular weight excluding hydrogens is 376 g/mol. The number of amides is 2. The zero-order valence-corrected chi connectivity index (χ0v) is 17.3. The van der Waals surface area contributed by atoms with Crippen molar-refractivity contribution in [3.63, 3.8) is 0 Å². The summed E-state index contributed by atoms with van der Waals surface area (Å²) in [5.41, 5.74) is 0. The molecule has 0 saturated carbocycles. The van der Waals surface area contributed by atoms with Crippen LogP contribution < -0.4 is 10.6 Å². The van der Waals surface area contributed by atoms with Gasteiger partial charge in [-0.05, 0) is 51.0 Å². The molecule has 0 saturated heterocycles. The highest BCUT2D eigenvalue weighted by Crippen LogP contribution is 2.13. The maximum atomic E-state index is 12.5. The lowest BCUT2D eigenvalue weighted by Crippen LogP contribution is -2.52. The normalized spacial score (nSPS) is 14.6. The van der Waals surface area contributed by atoms with Gasteiger partial charge in [0.1, 0.15) is 6.04 Å². The summed E-state index contributed by atoms with van der Waals surface area (Å²) in [6, 6.07) is 5.70. The van der Waals surface area contributed by atoms with Crippen LogP contribution in [-0.2, 0) is 20.3 Å². The number of nitrogens with one attached hydrogen (secondary N) is 2. The first-order valence-electron chi connectivity index (χ1n) is 8.51. The van der Waals surface area contributed by atoms with Crippen LogP contribution in [0.15, 0.2) is 29.2 Å². The molecule has 2 N–H and O–H groups in total. The van der Waals surface area contributed by atoms with Crippen molar-refractivity contribution in [3.8, 4) is 0 Å². The van der Waals surface area contributed by atoms with Gasteiger partial charge in [0.15, 0.2) is 0 Å². The summed E-state index contributed by atoms with van der Waals surface area (Å²) in [5, 5.41) is 5.96. The minimum absolute atomic E-state index is 0.122. The Labute approximate surface area is 162 Å². The van der Waals surface area contributed by atoms with Gasteiger partial charge in [-0.25, -0.2) is 4.79 Å². The van der Waals surface area contributed by atoms with Gasteiger partial charge < -0.3 is 15.4 Å². The van der Waals surface area contributed by atoms with E-state index in [-0.39, 0.29) is 29.7 Å². The van der Waals surface area contributed by atoms with Crippen molar-refractivity contribution in [1.29, 1.82) is 0 Å². The summed E-state index contributed by atoms with van der Waals surface area (Å²) in [4.78, 5) is 24.9. The summed E-state index contributed by atoms with van der Waals surface area (Å²) in [7, 11) is -1.27. The van der Waals surface area contributed by atoms with Crippen LogP contribution in [0.3, 0.4) is 0 Å². The fourth-order valence-corrected chi connectivity index (χ4v) is 3.49. The first-order valence-corrected chi connectivity index (χ1v) is 10.2. The molecule has 0 fully saturated rings. The molecule has 0 aliphatic rings. The fraction of sp³-hybridized carbons (Fsp3) is 0.556. The molecule has 26 heavy (non-hydrogen) atoms. The number of alkyl carbamates (subject to hydrolysis) is 1. The molecule has 2 amide bonds. The lowest BCUT2D eigenvalue weighted by Gasteiger charge is -2.24. The van der Waals surface area contributed by atoms with Gasteiger partial charge in [0, 0.05) is 21.7 Å². The van der Waals surface area contributed by atoms with Gasteiger partial charge in [0.25, 0.3) is 0 Å². The van der Waals surface area contributed by atoms with Crippen molar-refractivity contribution in [2.75, 3.05) is 5.75 Å². The number of hydrogen-bond donors (Lipinski definition) is 2. The second kappa shape index (κ2) is 10.5. The molecule has 1 aromatic carbocycles. The predicted octanol–water partition coefficient (Wildman–Crippen LogP) is 3.11. The zero-order chi connectivity index (χ0) is 19.9. The largest absolute Gasteiger partial charge is 0.447 e. The third-order valence-corrected chi connectivity index (χ3v) is 5.28. The third kappa shape index (κ3) is 7.74. The second-order valence-corrected chi connectivity index (χ2v) is 8.63. The minimum Gasteiger partial charge on any atom is -0.447 e. The molecule has 0 heterocycles. The van der Waals surface area contributed by atoms with Crippen molar-refractivity contribution in [2.45, 2.75) is 57.7 Å². The van der Waals surface area contributed by atoms with Crippen LogP contribution in [0, 0.1) is 5.92 Å². The van der Waals surface area contributed by atoms with Crippen molar-refractivity contribution in [2.24, 2.45) is 5.92 Å². The molecule has 1 aromatic rings. The molecule has 146 valence electrons. The van der Waals surface area contributed by atoms with Gasteiger partial charge in [0.2, 0.25) is 5.91 Å². The predicted molar refractivity (Wildman–Crippen MR) is 104 cm³/mol. The number of carbonyl (C=O) groups is 2. The molecule has 0 aromatic heterocycles. The first-order chi connectivity index (χ1) is 12.1. The monoisotopic (exact) mass is 402 g/mol. The molecule has 0 aliphatic carbocycles. The van der Waals surface area contributed by atoms with E-state index in [1.807, 2.05) is 13.8 Å². The van der Waals surface area contributed by atoms with Crippen LogP contribution >= 0.6 is 11.6 Å². The number of halogens is 1. The molecule has 6 nitrogen and oxygen atoms in total. The van der Waals surface area contributed by atoms with E-state index in [4.69, 9.17) is 16.3 Å². The first kappa shape index (κ1) is 22.4. The van der Waals surface area contributed by atoms with Crippen molar-refractivity contribution in [1.82, 2.24) is 10.6 Å². The average molecular weight is 403 g/mol. The Balaban J connectivity index is 2.62. The van der Waals surface area contributed by atoms with Crippen molar-refractivity contribution < 1.29 is 18.5 Å². The molecule has 0 aliphatic heterocycles. The summed E-state index contributed by atoms with van der Waals surface area (Å²) < 4.78 is 17.4. The minimum atomic E-state index is -1.27. The Bertz CT molecular complexity index is 635. The Kier molecular flexibility index (Phi) is 9.08. The van der Waals surface area contributed by atoms with Crippen LogP contribution in [0.2, 0.25) is 5.02 Å². The Hall–Kier alpha value is -1.60. The molecule has 8 heteroatoms. The van der Waals surface area contributed by atoms with Crippen LogP contribution in [0.5, 0.6) is 0 Å². The van der Waals surface area contributed by atoms with E-state index in [1.54, 1.807) is 45.0 Å². The van der Waals surface area contributed by atoms with E-state index in [0.29, 0.717) is 9.92 Å². The lowest BCUT2D eigenvalue weighted by molar-refractivity contribution is -0.124. The highest BCUT2D eigenvalue weighted by atomic mass is 35.5. The van der Waals surface area contributed by atoms with E-state index in [2.05, 4.69) is 10.6 Å². The Morgan fingerprint density at radius 1 is 1.08 bits per heavy atom. The fourth-order valence-electron chi connectivity index (χ4n) is 2.19. The second-order valence-electron chi connectivity index (χ2n) is 6.70. The molecule has 0 spiro atoms. The van der Waals surface area contributed by atoms with E-state index in [0.717, 1.165) is 0 Å². The van der Waals surface area contributed by atoms with E-state index >= 15 is 0 Å². The highest BCUT2D eigenvalue weighted by molar-refractivity contribution is 7.85. The Morgan fingerprint density at radius 3 is 2.15 bits per heavy atom. The van der Waals surface area contributed by atoms with E-state index in [1.165, 1.54) is 0 Å². The molecular formula is C18H27ClN2O4S. The van der Waals surface area contributed by atoms with Gasteiger partial charge in [-0.3, -0.25) is 9.00 Å². The molecule has 3 unspecified atom stereocenters. The van der Waals surface area contributed by atoms with E-state index < -0.39 is 22.9 Å². The quantitative estimate of drug-likeness (QED) is 0.699. The molecule has 0 bridgehead atoms. The van der Waals surface area contributed by atoms with Crippen LogP contribution in [0.4, 0.5) is 4.79 Å². The molecule has 0 radical (unpaired) electrons. The smallest absolute Gasteiger partial charge is 0.408 e. The van der Waals surface area contributed by atoms with Gasteiger partial charge in [-0.15, -0.1) is 0 Å². The Morgan fingerprint density at radius 2 is 1.65 bits per heavy atom. The average Bonchev–Trinajstić information content (AvgIpc) is 2.51. The number of ether oxygens (including phenoxy) is 1. The van der Waals surface area contributed by atoms with Gasteiger partial charge in [-0.2, -0.15) is 0 Å². The summed E-state index contributed by atoms with van der Waals surface area (Å²) in [6.45, 7) is 8.90. The molecule has 3 atom stereocenters. The number of rotatable bonds is 8. The maximum absolute atomic E-state index is 12.5. The number of hydrogen-bond acceptors (Lipinski definition) is 4. The van der Waals surface area contributed by atoms with Crippen LogP contribution in [0.25, 0.3) is 0 Å². The summed E-state index contributed by atoms with van der Waals surface area (Å²) in [6.07, 6.45) is -0.905. The topological polar surface area (TPSA) is 84.5 Å². The van der Waals surface area contributed by atoms with Crippen molar-refractivity contribution >= 4 is 34.4 Å². The van der Waals surface area contributed by atoms with Gasteiger partial charge in [-0.1, -0.05) is 25.4 Å². The lowest BCUT2D eigenvalue weighted by atomic mass is 10.0. The maximum Gasteiger partial charge on any atom is 0.408 e.